The number of furan rings is 1. The Balaban J connectivity index is 1.27. The average Bonchev–Trinajstić information content (AvgIpc) is 3.65. The number of rotatable bonds is 2. The van der Waals surface area contributed by atoms with Crippen LogP contribution in [0.4, 0.5) is 0 Å². The normalized spacial score (nSPS) is 13.5. The first-order chi connectivity index (χ1) is 21.0. The number of benzene rings is 6. The van der Waals surface area contributed by atoms with E-state index in [-0.39, 0.29) is 5.41 Å². The number of hydrogen-bond acceptors (Lipinski definition) is 2. The van der Waals surface area contributed by atoms with Gasteiger partial charge in [-0.2, -0.15) is 5.26 Å². The second-order valence-electron chi connectivity index (χ2n) is 12.1. The third kappa shape index (κ3) is 3.29. The standard InChI is InChI=1S/C40H26N2O/c1-40(2)34-9-5-3-7-28(34)30-20-25(12-15-35(30)40)26-13-17-37-32(21-26)31-19-24(23-41)11-16-36(31)42(37)27-14-18-39-33(22-27)29-8-4-6-10-38(29)43-39/h3-22H,1-2H3. The quantitative estimate of drug-likeness (QED) is 0.215. The smallest absolute Gasteiger partial charge is 0.135 e. The Morgan fingerprint density at radius 3 is 2.16 bits per heavy atom. The van der Waals surface area contributed by atoms with Crippen molar-refractivity contribution >= 4 is 43.7 Å². The van der Waals surface area contributed by atoms with Crippen molar-refractivity contribution in [1.82, 2.24) is 4.57 Å². The Kier molecular flexibility index (Phi) is 4.74. The van der Waals surface area contributed by atoms with Gasteiger partial charge in [0.05, 0.1) is 22.7 Å². The summed E-state index contributed by atoms with van der Waals surface area (Å²) in [6.45, 7) is 4.63. The highest BCUT2D eigenvalue weighted by Crippen LogP contribution is 2.49. The molecule has 3 heteroatoms. The van der Waals surface area contributed by atoms with E-state index in [1.807, 2.05) is 30.3 Å². The van der Waals surface area contributed by atoms with Crippen LogP contribution in [-0.2, 0) is 5.41 Å². The molecule has 0 saturated carbocycles. The largest absolute Gasteiger partial charge is 0.456 e. The molecule has 2 aromatic heterocycles. The molecule has 0 amide bonds. The molecule has 0 N–H and O–H groups in total. The SMILES string of the molecule is CC1(C)c2ccccc2-c2cc(-c3ccc4c(c3)c3cc(C#N)ccc3n4-c3ccc4oc5ccccc5c4c3)ccc21. The van der Waals surface area contributed by atoms with E-state index < -0.39 is 0 Å². The average molecular weight is 551 g/mol. The van der Waals surface area contributed by atoms with Crippen LogP contribution in [0.3, 0.4) is 0 Å². The zero-order chi connectivity index (χ0) is 28.9. The first-order valence-corrected chi connectivity index (χ1v) is 14.7. The number of aromatic nitrogens is 1. The van der Waals surface area contributed by atoms with Gasteiger partial charge in [0.25, 0.3) is 0 Å². The molecule has 202 valence electrons. The lowest BCUT2D eigenvalue weighted by Crippen LogP contribution is -2.14. The number of hydrogen-bond donors (Lipinski definition) is 0. The Hall–Kier alpha value is -5.59. The number of nitrogens with zero attached hydrogens (tertiary/aromatic N) is 2. The molecule has 0 bridgehead atoms. The van der Waals surface area contributed by atoms with Gasteiger partial charge in [0, 0.05) is 32.6 Å². The van der Waals surface area contributed by atoms with Crippen molar-refractivity contribution in [2.24, 2.45) is 0 Å². The first kappa shape index (κ1) is 24.1. The first-order valence-electron chi connectivity index (χ1n) is 14.7. The van der Waals surface area contributed by atoms with Gasteiger partial charge in [0.15, 0.2) is 0 Å². The van der Waals surface area contributed by atoms with Gasteiger partial charge in [-0.25, -0.2) is 0 Å². The second kappa shape index (κ2) is 8.47. The van der Waals surface area contributed by atoms with E-state index in [4.69, 9.17) is 4.42 Å². The Morgan fingerprint density at radius 2 is 1.28 bits per heavy atom. The fourth-order valence-electron chi connectivity index (χ4n) is 7.30. The summed E-state index contributed by atoms with van der Waals surface area (Å²) >= 11 is 0. The highest BCUT2D eigenvalue weighted by Gasteiger charge is 2.35. The molecule has 2 heterocycles. The van der Waals surface area contributed by atoms with Crippen molar-refractivity contribution in [1.29, 1.82) is 5.26 Å². The molecule has 1 aliphatic carbocycles. The van der Waals surface area contributed by atoms with Crippen molar-refractivity contribution in [3.63, 3.8) is 0 Å². The number of nitriles is 1. The van der Waals surface area contributed by atoms with Crippen LogP contribution in [0.2, 0.25) is 0 Å². The van der Waals surface area contributed by atoms with E-state index in [1.165, 1.54) is 27.8 Å². The molecule has 9 rings (SSSR count). The highest BCUT2D eigenvalue weighted by molar-refractivity contribution is 6.12. The van der Waals surface area contributed by atoms with E-state index in [1.54, 1.807) is 0 Å². The highest BCUT2D eigenvalue weighted by atomic mass is 16.3. The predicted molar refractivity (Wildman–Crippen MR) is 176 cm³/mol. The molecule has 43 heavy (non-hydrogen) atoms. The van der Waals surface area contributed by atoms with E-state index in [0.29, 0.717) is 5.56 Å². The third-order valence-corrected chi connectivity index (χ3v) is 9.43. The molecule has 0 unspecified atom stereocenters. The van der Waals surface area contributed by atoms with Gasteiger partial charge in [0.2, 0.25) is 0 Å². The number of para-hydroxylation sites is 1. The molecule has 0 spiro atoms. The fourth-order valence-corrected chi connectivity index (χ4v) is 7.30. The molecule has 0 radical (unpaired) electrons. The van der Waals surface area contributed by atoms with Crippen molar-refractivity contribution < 1.29 is 4.42 Å². The predicted octanol–water partition coefficient (Wildman–Crippen LogP) is 10.5. The summed E-state index contributed by atoms with van der Waals surface area (Å²) < 4.78 is 8.42. The summed E-state index contributed by atoms with van der Waals surface area (Å²) in [4.78, 5) is 0. The van der Waals surface area contributed by atoms with Crippen LogP contribution in [-0.4, -0.2) is 4.57 Å². The van der Waals surface area contributed by atoms with Crippen molar-refractivity contribution in [3.8, 4) is 34.0 Å². The summed E-state index contributed by atoms with van der Waals surface area (Å²) in [5.41, 5.74) is 13.4. The summed E-state index contributed by atoms with van der Waals surface area (Å²) in [7, 11) is 0. The van der Waals surface area contributed by atoms with Crippen LogP contribution in [0, 0.1) is 11.3 Å². The lowest BCUT2D eigenvalue weighted by atomic mass is 9.82. The Morgan fingerprint density at radius 1 is 0.581 bits per heavy atom. The summed E-state index contributed by atoms with van der Waals surface area (Å²) in [6.07, 6.45) is 0. The second-order valence-corrected chi connectivity index (χ2v) is 12.1. The van der Waals surface area contributed by atoms with Gasteiger partial charge in [-0.1, -0.05) is 74.5 Å². The van der Waals surface area contributed by atoms with Crippen molar-refractivity contribution in [3.05, 3.63) is 138 Å². The van der Waals surface area contributed by atoms with Crippen LogP contribution >= 0.6 is 0 Å². The Bertz CT molecular complexity index is 2500. The van der Waals surface area contributed by atoms with E-state index in [9.17, 15) is 5.26 Å². The maximum atomic E-state index is 9.77. The van der Waals surface area contributed by atoms with Crippen LogP contribution in [0.1, 0.15) is 30.5 Å². The molecular weight excluding hydrogens is 524 g/mol. The van der Waals surface area contributed by atoms with Crippen LogP contribution < -0.4 is 0 Å². The minimum atomic E-state index is -0.0169. The topological polar surface area (TPSA) is 41.9 Å². The van der Waals surface area contributed by atoms with Gasteiger partial charge in [-0.15, -0.1) is 0 Å². The Labute approximate surface area is 248 Å². The summed E-state index contributed by atoms with van der Waals surface area (Å²) in [6, 6.07) is 45.3. The maximum Gasteiger partial charge on any atom is 0.135 e. The lowest BCUT2D eigenvalue weighted by molar-refractivity contribution is 0.660. The number of fused-ring (bicyclic) bond motifs is 9. The minimum absolute atomic E-state index is 0.0169. The van der Waals surface area contributed by atoms with Gasteiger partial charge >= 0.3 is 0 Å². The van der Waals surface area contributed by atoms with Gasteiger partial charge in [-0.05, 0) is 94.0 Å². The molecule has 0 atom stereocenters. The van der Waals surface area contributed by atoms with Crippen LogP contribution in [0.25, 0.3) is 71.7 Å². The molecule has 1 aliphatic rings. The zero-order valence-corrected chi connectivity index (χ0v) is 23.8. The molecule has 0 saturated heterocycles. The van der Waals surface area contributed by atoms with Crippen LogP contribution in [0.15, 0.2) is 126 Å². The third-order valence-electron chi connectivity index (χ3n) is 9.43. The molecular formula is C40H26N2O. The maximum absolute atomic E-state index is 9.77. The molecule has 0 fully saturated rings. The zero-order valence-electron chi connectivity index (χ0n) is 23.8. The molecule has 6 aromatic carbocycles. The molecule has 3 nitrogen and oxygen atoms in total. The van der Waals surface area contributed by atoms with Gasteiger partial charge in [-0.3, -0.25) is 0 Å². The molecule has 8 aromatic rings. The van der Waals surface area contributed by atoms with E-state index in [0.717, 1.165) is 55.0 Å². The van der Waals surface area contributed by atoms with Gasteiger partial charge < -0.3 is 8.98 Å². The van der Waals surface area contributed by atoms with Gasteiger partial charge in [0.1, 0.15) is 11.2 Å². The molecule has 0 aliphatic heterocycles. The van der Waals surface area contributed by atoms with Crippen molar-refractivity contribution in [2.45, 2.75) is 19.3 Å². The van der Waals surface area contributed by atoms with E-state index in [2.05, 4.69) is 115 Å². The summed E-state index contributed by atoms with van der Waals surface area (Å²) in [5.74, 6) is 0. The van der Waals surface area contributed by atoms with E-state index >= 15 is 0 Å². The fraction of sp³-hybridized carbons (Fsp3) is 0.0750. The van der Waals surface area contributed by atoms with Crippen LogP contribution in [0.5, 0.6) is 0 Å². The summed E-state index contributed by atoms with van der Waals surface area (Å²) in [5, 5.41) is 14.2. The minimum Gasteiger partial charge on any atom is -0.456 e. The lowest BCUT2D eigenvalue weighted by Gasteiger charge is -2.21. The van der Waals surface area contributed by atoms with Crippen molar-refractivity contribution in [2.75, 3.05) is 0 Å². The monoisotopic (exact) mass is 550 g/mol.